The van der Waals surface area contributed by atoms with Gasteiger partial charge in [0.1, 0.15) is 13.2 Å². The second kappa shape index (κ2) is 64.9. The summed E-state index contributed by atoms with van der Waals surface area (Å²) in [6, 6.07) is 0. The molecule has 0 aliphatic rings. The Labute approximate surface area is 477 Å². The van der Waals surface area contributed by atoms with Crippen LogP contribution in [0.1, 0.15) is 316 Å². The van der Waals surface area contributed by atoms with Crippen molar-refractivity contribution in [1.29, 1.82) is 0 Å². The van der Waals surface area contributed by atoms with Gasteiger partial charge in [0.05, 0.1) is 0 Å². The molecular weight excluding hydrogens is 949 g/mol. The van der Waals surface area contributed by atoms with Gasteiger partial charge in [0.25, 0.3) is 0 Å². The number of ether oxygens (including phenoxy) is 3. The molecule has 0 aromatic carbocycles. The fourth-order valence-electron chi connectivity index (χ4n) is 9.23. The zero-order valence-electron chi connectivity index (χ0n) is 50.7. The summed E-state index contributed by atoms with van der Waals surface area (Å²) in [5.74, 6) is -0.918. The van der Waals surface area contributed by atoms with E-state index in [0.717, 1.165) is 109 Å². The number of carbonyl (C=O) groups is 3. The van der Waals surface area contributed by atoms with Crippen LogP contribution in [0.3, 0.4) is 0 Å². The largest absolute Gasteiger partial charge is 0.462 e. The molecular formula is C71H122O6. The summed E-state index contributed by atoms with van der Waals surface area (Å²) in [6.45, 7) is 6.53. The van der Waals surface area contributed by atoms with Crippen LogP contribution < -0.4 is 0 Å². The van der Waals surface area contributed by atoms with Crippen molar-refractivity contribution >= 4 is 17.9 Å². The number of hydrogen-bond donors (Lipinski definition) is 0. The van der Waals surface area contributed by atoms with Crippen molar-refractivity contribution in [2.45, 2.75) is 322 Å². The first kappa shape index (κ1) is 73.3. The lowest BCUT2D eigenvalue weighted by Crippen LogP contribution is -2.30. The summed E-state index contributed by atoms with van der Waals surface area (Å²) in [5, 5.41) is 0. The van der Waals surface area contributed by atoms with E-state index in [2.05, 4.69) is 118 Å². The molecule has 0 saturated carbocycles. The van der Waals surface area contributed by atoms with E-state index in [1.165, 1.54) is 167 Å². The molecule has 0 aromatic heterocycles. The average Bonchev–Trinajstić information content (AvgIpc) is 3.43. The molecule has 0 spiro atoms. The number of esters is 3. The van der Waals surface area contributed by atoms with Gasteiger partial charge in [-0.05, 0) is 83.5 Å². The van der Waals surface area contributed by atoms with Crippen LogP contribution in [0.5, 0.6) is 0 Å². The van der Waals surface area contributed by atoms with Crippen LogP contribution in [0.15, 0.2) is 97.2 Å². The Morgan fingerprint density at radius 3 is 0.792 bits per heavy atom. The molecule has 0 saturated heterocycles. The van der Waals surface area contributed by atoms with Crippen molar-refractivity contribution in [1.82, 2.24) is 0 Å². The molecule has 0 N–H and O–H groups in total. The van der Waals surface area contributed by atoms with E-state index in [1.54, 1.807) is 0 Å². The van der Waals surface area contributed by atoms with Gasteiger partial charge in [0.2, 0.25) is 0 Å². The van der Waals surface area contributed by atoms with E-state index < -0.39 is 6.10 Å². The van der Waals surface area contributed by atoms with Crippen LogP contribution in [0, 0.1) is 0 Å². The second-order valence-corrected chi connectivity index (χ2v) is 21.7. The third-order valence-electron chi connectivity index (χ3n) is 14.1. The molecule has 0 bridgehead atoms. The highest BCUT2D eigenvalue weighted by atomic mass is 16.6. The summed E-state index contributed by atoms with van der Waals surface area (Å²) in [5.41, 5.74) is 0. The first-order chi connectivity index (χ1) is 38.0. The van der Waals surface area contributed by atoms with E-state index in [0.29, 0.717) is 19.3 Å². The first-order valence-corrected chi connectivity index (χ1v) is 32.7. The Morgan fingerprint density at radius 1 is 0.273 bits per heavy atom. The molecule has 442 valence electrons. The minimum atomic E-state index is -0.794. The molecule has 0 heterocycles. The van der Waals surface area contributed by atoms with Gasteiger partial charge in [-0.2, -0.15) is 0 Å². The normalized spacial score (nSPS) is 12.7. The van der Waals surface area contributed by atoms with Crippen LogP contribution in [0.25, 0.3) is 0 Å². The standard InChI is InChI=1S/C71H122O6/c1-4-7-10-13-16-19-22-25-28-30-32-33-34-35-36-37-38-39-40-42-43-46-49-52-55-58-61-64-70(73)76-67-68(66-75-69(72)63-60-57-54-51-48-45-27-24-21-18-15-12-9-6-3)77-71(74)65-62-59-56-53-50-47-44-41-31-29-26-23-20-17-14-11-8-5-2/h7,10,16,19,25,28,32-33,35-36,38-39,42-43,49,52,68H,4-6,8-9,11-15,17-18,20-24,26-27,29-31,34,37,40-41,44-48,50-51,53-67H2,1-3H3/b10-7-,19-16-,28-25-,33-32-,36-35-,39-38-,43-42-,52-49-. The zero-order valence-corrected chi connectivity index (χ0v) is 50.7. The summed E-state index contributed by atoms with van der Waals surface area (Å²) in [6.07, 6.45) is 87.0. The van der Waals surface area contributed by atoms with E-state index in [4.69, 9.17) is 14.2 Å². The molecule has 0 rings (SSSR count). The van der Waals surface area contributed by atoms with Crippen LogP contribution in [-0.4, -0.2) is 37.2 Å². The van der Waals surface area contributed by atoms with Crippen LogP contribution >= 0.6 is 0 Å². The lowest BCUT2D eigenvalue weighted by Gasteiger charge is -2.18. The van der Waals surface area contributed by atoms with Crippen molar-refractivity contribution in [3.63, 3.8) is 0 Å². The lowest BCUT2D eigenvalue weighted by atomic mass is 10.0. The topological polar surface area (TPSA) is 78.9 Å². The predicted molar refractivity (Wildman–Crippen MR) is 334 cm³/mol. The molecule has 0 aromatic rings. The SMILES string of the molecule is CC/C=C\C/C=C\C/C=C\C/C=C\C/C=C\C/C=C\C/C=C\C/C=C\CCCCC(=O)OCC(COC(=O)CCCCCCCCCCCCCCCC)OC(=O)CCCCCCCCCCCCCCCCCCCC. The van der Waals surface area contributed by atoms with Gasteiger partial charge in [-0.25, -0.2) is 0 Å². The van der Waals surface area contributed by atoms with Gasteiger partial charge in [-0.3, -0.25) is 14.4 Å². The smallest absolute Gasteiger partial charge is 0.306 e. The minimum Gasteiger partial charge on any atom is -0.462 e. The van der Waals surface area contributed by atoms with Crippen LogP contribution in [0.2, 0.25) is 0 Å². The van der Waals surface area contributed by atoms with E-state index in [1.807, 2.05) is 0 Å². The highest BCUT2D eigenvalue weighted by Gasteiger charge is 2.19. The maximum atomic E-state index is 12.9. The minimum absolute atomic E-state index is 0.0871. The lowest BCUT2D eigenvalue weighted by molar-refractivity contribution is -0.167. The monoisotopic (exact) mass is 1070 g/mol. The third-order valence-corrected chi connectivity index (χ3v) is 14.1. The Kier molecular flexibility index (Phi) is 61.8. The van der Waals surface area contributed by atoms with Crippen molar-refractivity contribution in [3.05, 3.63) is 97.2 Å². The number of rotatable bonds is 59. The average molecular weight is 1070 g/mol. The highest BCUT2D eigenvalue weighted by Crippen LogP contribution is 2.17. The summed E-state index contributed by atoms with van der Waals surface area (Å²) < 4.78 is 16.9. The number of carbonyl (C=O) groups excluding carboxylic acids is 3. The number of unbranched alkanes of at least 4 members (excludes halogenated alkanes) is 32. The summed E-state index contributed by atoms with van der Waals surface area (Å²) >= 11 is 0. The molecule has 0 amide bonds. The molecule has 0 radical (unpaired) electrons. The van der Waals surface area contributed by atoms with Crippen LogP contribution in [0.4, 0.5) is 0 Å². The Morgan fingerprint density at radius 2 is 0.506 bits per heavy atom. The van der Waals surface area contributed by atoms with Crippen molar-refractivity contribution in [3.8, 4) is 0 Å². The highest BCUT2D eigenvalue weighted by molar-refractivity contribution is 5.71. The van der Waals surface area contributed by atoms with E-state index >= 15 is 0 Å². The fourth-order valence-corrected chi connectivity index (χ4v) is 9.23. The molecule has 6 heteroatoms. The van der Waals surface area contributed by atoms with Crippen molar-refractivity contribution < 1.29 is 28.6 Å². The Hall–Kier alpha value is -3.67. The van der Waals surface area contributed by atoms with E-state index in [-0.39, 0.29) is 31.1 Å². The molecule has 0 aliphatic carbocycles. The Balaban J connectivity index is 4.41. The molecule has 0 aliphatic heterocycles. The van der Waals surface area contributed by atoms with Gasteiger partial charge < -0.3 is 14.2 Å². The number of hydrogen-bond acceptors (Lipinski definition) is 6. The van der Waals surface area contributed by atoms with Gasteiger partial charge in [-0.15, -0.1) is 0 Å². The molecule has 0 fully saturated rings. The Bertz CT molecular complexity index is 1510. The fraction of sp³-hybridized carbons (Fsp3) is 0.732. The quantitative estimate of drug-likeness (QED) is 0.0261. The van der Waals surface area contributed by atoms with Gasteiger partial charge in [0, 0.05) is 19.3 Å². The first-order valence-electron chi connectivity index (χ1n) is 32.7. The van der Waals surface area contributed by atoms with Gasteiger partial charge in [-0.1, -0.05) is 311 Å². The van der Waals surface area contributed by atoms with Gasteiger partial charge in [0.15, 0.2) is 6.10 Å². The molecule has 1 atom stereocenters. The molecule has 1 unspecified atom stereocenters. The number of allylic oxidation sites excluding steroid dienone is 16. The molecule has 77 heavy (non-hydrogen) atoms. The van der Waals surface area contributed by atoms with E-state index in [9.17, 15) is 14.4 Å². The maximum Gasteiger partial charge on any atom is 0.306 e. The predicted octanol–water partition coefficient (Wildman–Crippen LogP) is 22.4. The maximum absolute atomic E-state index is 12.9. The van der Waals surface area contributed by atoms with Crippen molar-refractivity contribution in [2.24, 2.45) is 0 Å². The van der Waals surface area contributed by atoms with Gasteiger partial charge >= 0.3 is 17.9 Å². The van der Waals surface area contributed by atoms with Crippen molar-refractivity contribution in [2.75, 3.05) is 13.2 Å². The zero-order chi connectivity index (χ0) is 55.7. The molecule has 6 nitrogen and oxygen atoms in total. The van der Waals surface area contributed by atoms with Crippen LogP contribution in [-0.2, 0) is 28.6 Å². The summed E-state index contributed by atoms with van der Waals surface area (Å²) in [7, 11) is 0. The third kappa shape index (κ3) is 63.0. The second-order valence-electron chi connectivity index (χ2n) is 21.7. The summed E-state index contributed by atoms with van der Waals surface area (Å²) in [4.78, 5) is 38.3.